The van der Waals surface area contributed by atoms with E-state index in [0.29, 0.717) is 0 Å². The second-order valence-corrected chi connectivity index (χ2v) is 0.770. The van der Waals surface area contributed by atoms with Crippen LogP contribution in [0.3, 0.4) is 0 Å². The Morgan fingerprint density at radius 1 is 1.60 bits per heavy atom. The van der Waals surface area contributed by atoms with Crippen LogP contribution in [-0.2, 0) is 0 Å². The summed E-state index contributed by atoms with van der Waals surface area (Å²) >= 11 is 0. The molecule has 0 aromatic heterocycles. The maximum Gasteiger partial charge on any atom is 0.187 e. The third-order valence-electron chi connectivity index (χ3n) is 0.222. The highest BCUT2D eigenvalue weighted by atomic mass is 14.3. The average Bonchev–Trinajstić information content (AvgIpc) is 1.38. The zero-order valence-electron chi connectivity index (χ0n) is 2.89. The van der Waals surface area contributed by atoms with Crippen LogP contribution in [0.1, 0.15) is 0 Å². The molecule has 5 radical (unpaired) electrons. The molecule has 0 aliphatic rings. The van der Waals surface area contributed by atoms with Crippen molar-refractivity contribution in [3.05, 3.63) is 0 Å². The van der Waals surface area contributed by atoms with E-state index in [9.17, 15) is 0 Å². The fourth-order valence-corrected chi connectivity index (χ4v) is 0. The minimum atomic E-state index is -0.463. The summed E-state index contributed by atoms with van der Waals surface area (Å²) in [7, 11) is 11.0. The fourth-order valence-electron chi connectivity index (χ4n) is 0. The highest BCUT2D eigenvalue weighted by Gasteiger charge is 1.84. The van der Waals surface area contributed by atoms with E-state index in [0.717, 1.165) is 0 Å². The van der Waals surface area contributed by atoms with Crippen LogP contribution in [0.15, 0.2) is 0 Å². The molecule has 0 rings (SSSR count). The van der Waals surface area contributed by atoms with E-state index in [1.54, 1.807) is 0 Å². The second kappa shape index (κ2) is 2.40. The molecule has 0 saturated heterocycles. The summed E-state index contributed by atoms with van der Waals surface area (Å²) in [6.07, 6.45) is 0. The molecular formula is CH3B3N. The molecule has 21 valence electrons. The zero-order valence-corrected chi connectivity index (χ0v) is 2.89. The molecule has 0 aromatic carbocycles. The summed E-state index contributed by atoms with van der Waals surface area (Å²) in [5.74, 6) is 0. The Bertz CT molecular complexity index is 20.9. The van der Waals surface area contributed by atoms with Crippen LogP contribution in [0.4, 0.5) is 0 Å². The molecule has 0 spiro atoms. The third-order valence-corrected chi connectivity index (χ3v) is 0.222. The Kier molecular flexibility index (Phi) is 2.47. The van der Waals surface area contributed by atoms with Crippen molar-refractivity contribution in [3.8, 4) is 0 Å². The molecule has 0 fully saturated rings. The van der Waals surface area contributed by atoms with Crippen molar-refractivity contribution in [1.29, 1.82) is 0 Å². The van der Waals surface area contributed by atoms with E-state index in [4.69, 9.17) is 21.3 Å². The van der Waals surface area contributed by atoms with Gasteiger partial charge in [-0.05, 0) is 0 Å². The monoisotopic (exact) mass is 62.1 g/mol. The van der Waals surface area contributed by atoms with Crippen LogP contribution < -0.4 is 5.64 Å². The van der Waals surface area contributed by atoms with Crippen molar-refractivity contribution in [3.63, 3.8) is 0 Å². The Balaban J connectivity index is 2.54. The van der Waals surface area contributed by atoms with Crippen LogP contribution in [-0.4, -0.2) is 23.1 Å². The van der Waals surface area contributed by atoms with E-state index in [-0.39, 0.29) is 0 Å². The SMILES string of the molecule is [B]C([B])[B]N. The second-order valence-electron chi connectivity index (χ2n) is 0.770. The first-order valence-electron chi connectivity index (χ1n) is 1.33. The van der Waals surface area contributed by atoms with Crippen molar-refractivity contribution in [2.45, 2.75) is 5.62 Å². The first-order valence-corrected chi connectivity index (χ1v) is 1.33. The average molecular weight is 61.5 g/mol. The molecule has 4 heteroatoms. The standard InChI is InChI=1S/CH3B3N/c2-1(3)4-5/h1H,5H2. The lowest BCUT2D eigenvalue weighted by molar-refractivity contribution is 1.73. The summed E-state index contributed by atoms with van der Waals surface area (Å²) in [6.45, 7) is 0. The van der Waals surface area contributed by atoms with Crippen molar-refractivity contribution in [1.82, 2.24) is 0 Å². The maximum atomic E-state index is 4.89. The Morgan fingerprint density at radius 3 is 1.80 bits per heavy atom. The lowest BCUT2D eigenvalue weighted by atomic mass is 9.52. The first-order chi connectivity index (χ1) is 2.27. The van der Waals surface area contributed by atoms with Gasteiger partial charge in [0, 0.05) is 15.7 Å². The number of hydrogen-bond acceptors (Lipinski definition) is 1. The van der Waals surface area contributed by atoms with E-state index in [2.05, 4.69) is 0 Å². The molecule has 0 saturated carbocycles. The molecular weight excluding hydrogens is 58.5 g/mol. The number of rotatable bonds is 1. The first kappa shape index (κ1) is 5.15. The van der Waals surface area contributed by atoms with Crippen LogP contribution >= 0.6 is 0 Å². The van der Waals surface area contributed by atoms with Gasteiger partial charge in [0.2, 0.25) is 0 Å². The Hall–Kier alpha value is 0.155. The Morgan fingerprint density at radius 2 is 1.80 bits per heavy atom. The van der Waals surface area contributed by atoms with Gasteiger partial charge in [0.15, 0.2) is 7.41 Å². The van der Waals surface area contributed by atoms with Gasteiger partial charge < -0.3 is 5.64 Å². The molecule has 0 aromatic rings. The van der Waals surface area contributed by atoms with E-state index in [1.807, 2.05) is 0 Å². The molecule has 1 nitrogen and oxygen atoms in total. The molecule has 0 amide bonds. The van der Waals surface area contributed by atoms with E-state index >= 15 is 0 Å². The third kappa shape index (κ3) is 4.15. The van der Waals surface area contributed by atoms with Gasteiger partial charge in [-0.1, -0.05) is 0 Å². The van der Waals surface area contributed by atoms with Crippen LogP contribution in [0.5, 0.6) is 0 Å². The minimum Gasteiger partial charge on any atom is -0.375 e. The highest BCUT2D eigenvalue weighted by Crippen LogP contribution is 1.73. The number of hydrogen-bond donors (Lipinski definition) is 1. The summed E-state index contributed by atoms with van der Waals surface area (Å²) in [5, 5.41) is 0. The number of nitrogens with two attached hydrogens (primary N) is 1. The summed E-state index contributed by atoms with van der Waals surface area (Å²) in [6, 6.07) is 0. The quantitative estimate of drug-likeness (QED) is 0.371. The molecule has 0 aliphatic carbocycles. The van der Waals surface area contributed by atoms with Crippen LogP contribution in [0.2, 0.25) is 5.62 Å². The van der Waals surface area contributed by atoms with Crippen LogP contribution in [0.25, 0.3) is 0 Å². The van der Waals surface area contributed by atoms with Crippen molar-refractivity contribution < 1.29 is 0 Å². The Labute approximate surface area is 35.4 Å². The van der Waals surface area contributed by atoms with Crippen molar-refractivity contribution in [2.24, 2.45) is 5.64 Å². The fraction of sp³-hybridized carbons (Fsp3) is 1.00. The molecule has 0 heterocycles. The normalized spacial score (nSPS) is 8.40. The molecule has 2 N–H and O–H groups in total. The van der Waals surface area contributed by atoms with Crippen molar-refractivity contribution in [2.75, 3.05) is 0 Å². The molecule has 0 unspecified atom stereocenters. The van der Waals surface area contributed by atoms with Gasteiger partial charge >= 0.3 is 0 Å². The van der Waals surface area contributed by atoms with Gasteiger partial charge in [-0.3, -0.25) is 0 Å². The predicted molar refractivity (Wildman–Crippen MR) is 25.2 cm³/mol. The van der Waals surface area contributed by atoms with Crippen LogP contribution in [0, 0.1) is 0 Å². The highest BCUT2D eigenvalue weighted by molar-refractivity contribution is 6.61. The zero-order chi connectivity index (χ0) is 4.28. The lowest BCUT2D eigenvalue weighted by Gasteiger charge is -1.87. The smallest absolute Gasteiger partial charge is 0.187 e. The molecule has 0 atom stereocenters. The minimum absolute atomic E-state index is 0.463. The van der Waals surface area contributed by atoms with Gasteiger partial charge in [0.25, 0.3) is 0 Å². The van der Waals surface area contributed by atoms with Gasteiger partial charge in [0.05, 0.1) is 0 Å². The predicted octanol–water partition coefficient (Wildman–Crippen LogP) is -1.40. The van der Waals surface area contributed by atoms with Crippen molar-refractivity contribution >= 4 is 23.1 Å². The summed E-state index contributed by atoms with van der Waals surface area (Å²) < 4.78 is 0. The van der Waals surface area contributed by atoms with Gasteiger partial charge in [-0.2, -0.15) is 0 Å². The van der Waals surface area contributed by atoms with Gasteiger partial charge in [-0.15, -0.1) is 5.62 Å². The summed E-state index contributed by atoms with van der Waals surface area (Å²) in [4.78, 5) is 0. The van der Waals surface area contributed by atoms with Gasteiger partial charge in [-0.25, -0.2) is 0 Å². The molecule has 5 heavy (non-hydrogen) atoms. The molecule has 0 bridgehead atoms. The summed E-state index contributed by atoms with van der Waals surface area (Å²) in [5.41, 5.74) is 4.33. The van der Waals surface area contributed by atoms with Gasteiger partial charge in [0.1, 0.15) is 0 Å². The molecule has 0 aliphatic heterocycles. The largest absolute Gasteiger partial charge is 0.375 e. The lowest BCUT2D eigenvalue weighted by Crippen LogP contribution is -2.12. The topological polar surface area (TPSA) is 26.0 Å². The van der Waals surface area contributed by atoms with E-state index < -0.39 is 5.62 Å². The van der Waals surface area contributed by atoms with E-state index in [1.165, 1.54) is 7.41 Å². The maximum absolute atomic E-state index is 4.89.